The van der Waals surface area contributed by atoms with Crippen LogP contribution >= 0.6 is 0 Å². The predicted molar refractivity (Wildman–Crippen MR) is 73.2 cm³/mol. The van der Waals surface area contributed by atoms with Crippen molar-refractivity contribution >= 4 is 17.0 Å². The molecule has 3 aromatic rings. The van der Waals surface area contributed by atoms with Crippen molar-refractivity contribution in [1.82, 2.24) is 19.1 Å². The van der Waals surface area contributed by atoms with E-state index >= 15 is 0 Å². The summed E-state index contributed by atoms with van der Waals surface area (Å²) in [6.07, 6.45) is 3.24. The summed E-state index contributed by atoms with van der Waals surface area (Å²) >= 11 is 0. The van der Waals surface area contributed by atoms with Crippen molar-refractivity contribution in [2.45, 2.75) is 6.54 Å². The van der Waals surface area contributed by atoms with Crippen LogP contribution < -0.4 is 10.7 Å². The van der Waals surface area contributed by atoms with Crippen LogP contribution in [-0.2, 0) is 18.4 Å². The van der Waals surface area contributed by atoms with Crippen LogP contribution in [-0.4, -0.2) is 25.1 Å². The minimum atomic E-state index is -1.33. The lowest BCUT2D eigenvalue weighted by atomic mass is 10.2. The Kier molecular flexibility index (Phi) is 3.02. The average molecular weight is 283 g/mol. The average Bonchev–Trinajstić information content (AvgIpc) is 2.87. The topological polar surface area (TPSA) is 92.8 Å². The number of carboxylic acid groups (broad SMARTS) is 1. The molecule has 0 atom stereocenters. The molecule has 0 aliphatic carbocycles. The summed E-state index contributed by atoms with van der Waals surface area (Å²) in [6, 6.07) is 6.85. The highest BCUT2D eigenvalue weighted by molar-refractivity contribution is 5.78. The summed E-state index contributed by atoms with van der Waals surface area (Å²) < 4.78 is 2.80. The third-order valence-corrected chi connectivity index (χ3v) is 3.17. The second kappa shape index (κ2) is 4.86. The molecule has 0 radical (unpaired) electrons. The number of fused-ring (bicyclic) bond motifs is 1. The van der Waals surface area contributed by atoms with E-state index in [2.05, 4.69) is 9.97 Å². The molecule has 0 spiro atoms. The number of carbonyl (C=O) groups is 1. The Balaban J connectivity index is 2.37. The van der Waals surface area contributed by atoms with E-state index in [0.717, 1.165) is 4.57 Å². The molecule has 2 heterocycles. The van der Waals surface area contributed by atoms with Crippen molar-refractivity contribution in [1.29, 1.82) is 0 Å². The highest BCUT2D eigenvalue weighted by atomic mass is 16.4. The Morgan fingerprint density at radius 1 is 1.33 bits per heavy atom. The normalized spacial score (nSPS) is 10.9. The van der Waals surface area contributed by atoms with E-state index in [1.807, 2.05) is 0 Å². The van der Waals surface area contributed by atoms with Gasteiger partial charge in [0, 0.05) is 19.4 Å². The number of benzene rings is 1. The van der Waals surface area contributed by atoms with Crippen molar-refractivity contribution in [2.75, 3.05) is 0 Å². The molecule has 7 nitrogen and oxygen atoms in total. The molecule has 0 unspecified atom stereocenters. The van der Waals surface area contributed by atoms with Crippen LogP contribution in [0.3, 0.4) is 0 Å². The van der Waals surface area contributed by atoms with E-state index in [1.165, 1.54) is 0 Å². The molecule has 1 aromatic carbocycles. The zero-order valence-electron chi connectivity index (χ0n) is 11.2. The van der Waals surface area contributed by atoms with E-state index in [-0.39, 0.29) is 5.69 Å². The van der Waals surface area contributed by atoms with E-state index in [0.29, 0.717) is 16.9 Å². The first-order valence-electron chi connectivity index (χ1n) is 6.25. The molecule has 0 N–H and O–H groups in total. The Hall–Kier alpha value is -2.96. The number of rotatable bonds is 3. The molecular weight excluding hydrogens is 272 g/mol. The third-order valence-electron chi connectivity index (χ3n) is 3.17. The Bertz CT molecular complexity index is 895. The Labute approximate surface area is 119 Å². The number of hydrogen-bond donors (Lipinski definition) is 0. The zero-order chi connectivity index (χ0) is 15.0. The van der Waals surface area contributed by atoms with Crippen LogP contribution in [0.4, 0.5) is 0 Å². The molecule has 3 rings (SSSR count). The molecule has 2 aromatic heterocycles. The minimum absolute atomic E-state index is 0.113. The maximum Gasteiger partial charge on any atom is 0.281 e. The number of aromatic nitrogens is 4. The fourth-order valence-electron chi connectivity index (χ4n) is 2.22. The summed E-state index contributed by atoms with van der Waals surface area (Å²) in [5.41, 5.74) is 0.579. The maximum absolute atomic E-state index is 12.5. The lowest BCUT2D eigenvalue weighted by molar-refractivity contribution is -0.306. The molecular formula is C14H11N4O3-. The van der Waals surface area contributed by atoms with Gasteiger partial charge in [0.05, 0.1) is 23.5 Å². The smallest absolute Gasteiger partial charge is 0.281 e. The first kappa shape index (κ1) is 13.0. The SMILES string of the molecule is Cn1ccnc1-c1nc2ccccc2n(CC(=O)[O-])c1=O. The Morgan fingerprint density at radius 3 is 2.76 bits per heavy atom. The highest BCUT2D eigenvalue weighted by Crippen LogP contribution is 2.15. The second-order valence-electron chi connectivity index (χ2n) is 4.57. The van der Waals surface area contributed by atoms with Crippen LogP contribution in [0.5, 0.6) is 0 Å². The van der Waals surface area contributed by atoms with Crippen LogP contribution in [0.25, 0.3) is 22.6 Å². The number of hydrogen-bond acceptors (Lipinski definition) is 5. The number of imidazole rings is 1. The lowest BCUT2D eigenvalue weighted by Gasteiger charge is -2.12. The van der Waals surface area contributed by atoms with E-state index in [1.54, 1.807) is 48.3 Å². The highest BCUT2D eigenvalue weighted by Gasteiger charge is 2.15. The molecule has 0 aliphatic heterocycles. The third kappa shape index (κ3) is 2.18. The first-order chi connectivity index (χ1) is 10.1. The molecule has 21 heavy (non-hydrogen) atoms. The quantitative estimate of drug-likeness (QED) is 0.649. The van der Waals surface area contributed by atoms with Crippen molar-refractivity contribution in [3.8, 4) is 11.5 Å². The van der Waals surface area contributed by atoms with Gasteiger partial charge in [0.15, 0.2) is 11.5 Å². The molecule has 0 bridgehead atoms. The summed E-state index contributed by atoms with van der Waals surface area (Å²) in [6.45, 7) is -0.528. The van der Waals surface area contributed by atoms with Gasteiger partial charge in [0.2, 0.25) is 0 Å². The fourth-order valence-corrected chi connectivity index (χ4v) is 2.22. The number of aliphatic carboxylic acids is 1. The van der Waals surface area contributed by atoms with Crippen LogP contribution in [0.1, 0.15) is 0 Å². The van der Waals surface area contributed by atoms with Gasteiger partial charge in [-0.2, -0.15) is 0 Å². The lowest BCUT2D eigenvalue weighted by Crippen LogP contribution is -2.34. The zero-order valence-corrected chi connectivity index (χ0v) is 11.2. The van der Waals surface area contributed by atoms with Gasteiger partial charge in [0.1, 0.15) is 0 Å². The Morgan fingerprint density at radius 2 is 2.10 bits per heavy atom. The molecule has 7 heteroatoms. The van der Waals surface area contributed by atoms with Crippen LogP contribution in [0, 0.1) is 0 Å². The number of nitrogens with zero attached hydrogens (tertiary/aromatic N) is 4. The summed E-state index contributed by atoms with van der Waals surface area (Å²) in [4.78, 5) is 31.9. The maximum atomic E-state index is 12.5. The number of carboxylic acids is 1. The molecule has 0 fully saturated rings. The van der Waals surface area contributed by atoms with E-state index in [9.17, 15) is 14.7 Å². The second-order valence-corrected chi connectivity index (χ2v) is 4.57. The molecule has 0 amide bonds. The van der Waals surface area contributed by atoms with E-state index < -0.39 is 18.1 Å². The van der Waals surface area contributed by atoms with Gasteiger partial charge in [-0.25, -0.2) is 9.97 Å². The monoisotopic (exact) mass is 283 g/mol. The van der Waals surface area contributed by atoms with Gasteiger partial charge in [-0.05, 0) is 12.1 Å². The van der Waals surface area contributed by atoms with Gasteiger partial charge in [-0.15, -0.1) is 0 Å². The molecule has 0 saturated carbocycles. The van der Waals surface area contributed by atoms with Crippen LogP contribution in [0.2, 0.25) is 0 Å². The standard InChI is InChI=1S/C14H12N4O3/c1-17-7-6-15-13(17)12-14(21)18(8-11(19)20)10-5-3-2-4-9(10)16-12/h2-7H,8H2,1H3,(H,19,20)/p-1. The molecule has 0 saturated heterocycles. The van der Waals surface area contributed by atoms with Gasteiger partial charge >= 0.3 is 0 Å². The molecule has 0 aliphatic rings. The van der Waals surface area contributed by atoms with Crippen molar-refractivity contribution in [3.05, 3.63) is 47.0 Å². The predicted octanol–water partition coefficient (Wildman–Crippen LogP) is -0.453. The van der Waals surface area contributed by atoms with Gasteiger partial charge in [0.25, 0.3) is 5.56 Å². The van der Waals surface area contributed by atoms with Gasteiger partial charge in [-0.3, -0.25) is 9.36 Å². The van der Waals surface area contributed by atoms with Gasteiger partial charge in [-0.1, -0.05) is 12.1 Å². The number of para-hydroxylation sites is 2. The minimum Gasteiger partial charge on any atom is -0.548 e. The van der Waals surface area contributed by atoms with Gasteiger partial charge < -0.3 is 14.5 Å². The largest absolute Gasteiger partial charge is 0.548 e. The fraction of sp³-hybridized carbons (Fsp3) is 0.143. The molecule has 106 valence electrons. The summed E-state index contributed by atoms with van der Waals surface area (Å²) in [5.74, 6) is -0.947. The van der Waals surface area contributed by atoms with Crippen molar-refractivity contribution in [2.24, 2.45) is 7.05 Å². The summed E-state index contributed by atoms with van der Waals surface area (Å²) in [7, 11) is 1.74. The first-order valence-corrected chi connectivity index (χ1v) is 6.25. The number of carbonyl (C=O) groups excluding carboxylic acids is 1. The van der Waals surface area contributed by atoms with E-state index in [4.69, 9.17) is 0 Å². The van der Waals surface area contributed by atoms with Crippen molar-refractivity contribution in [3.63, 3.8) is 0 Å². The summed E-state index contributed by atoms with van der Waals surface area (Å²) in [5, 5.41) is 10.9. The van der Waals surface area contributed by atoms with Crippen LogP contribution in [0.15, 0.2) is 41.5 Å². The van der Waals surface area contributed by atoms with Crippen molar-refractivity contribution < 1.29 is 9.90 Å². The number of aryl methyl sites for hydroxylation is 1.